The van der Waals surface area contributed by atoms with E-state index in [-0.39, 0.29) is 0 Å². The molecule has 1 atom stereocenters. The normalized spacial score (nSPS) is 18.2. The average molecular weight is 266 g/mol. The van der Waals surface area contributed by atoms with E-state index >= 15 is 0 Å². The maximum Gasteiger partial charge on any atom is 0.0438 e. The first kappa shape index (κ1) is 13.9. The Bertz CT molecular complexity index is 408. The highest BCUT2D eigenvalue weighted by Crippen LogP contribution is 2.34. The SMILES string of the molecule is CNC(CC1CCCC1)c1cc(C)c(Cl)cc1C. The molecular formula is C16H24ClN. The van der Waals surface area contributed by atoms with Gasteiger partial charge in [0.05, 0.1) is 0 Å². The molecule has 2 rings (SSSR count). The quantitative estimate of drug-likeness (QED) is 0.825. The van der Waals surface area contributed by atoms with E-state index < -0.39 is 0 Å². The molecule has 1 unspecified atom stereocenters. The van der Waals surface area contributed by atoms with Gasteiger partial charge in [-0.3, -0.25) is 0 Å². The second-order valence-electron chi connectivity index (χ2n) is 5.69. The number of aryl methyl sites for hydroxylation is 2. The molecule has 0 radical (unpaired) electrons. The van der Waals surface area contributed by atoms with Gasteiger partial charge in [0.25, 0.3) is 0 Å². The minimum atomic E-state index is 0.476. The summed E-state index contributed by atoms with van der Waals surface area (Å²) in [5.41, 5.74) is 3.91. The number of benzene rings is 1. The van der Waals surface area contributed by atoms with Crippen LogP contribution in [0.4, 0.5) is 0 Å². The molecule has 0 saturated heterocycles. The molecule has 1 nitrogen and oxygen atoms in total. The summed E-state index contributed by atoms with van der Waals surface area (Å²) in [6, 6.07) is 4.84. The van der Waals surface area contributed by atoms with Gasteiger partial charge in [0.15, 0.2) is 0 Å². The molecule has 1 aromatic carbocycles. The van der Waals surface area contributed by atoms with Gasteiger partial charge in [0.2, 0.25) is 0 Å². The Hall–Kier alpha value is -0.530. The Labute approximate surface area is 116 Å². The summed E-state index contributed by atoms with van der Waals surface area (Å²) in [7, 11) is 2.07. The molecule has 1 N–H and O–H groups in total. The van der Waals surface area contributed by atoms with Crippen molar-refractivity contribution in [3.05, 3.63) is 33.8 Å². The summed E-state index contributed by atoms with van der Waals surface area (Å²) in [5.74, 6) is 0.901. The van der Waals surface area contributed by atoms with E-state index in [0.717, 1.165) is 10.9 Å². The molecule has 0 aliphatic heterocycles. The van der Waals surface area contributed by atoms with Gasteiger partial charge in [-0.05, 0) is 56.0 Å². The summed E-state index contributed by atoms with van der Waals surface area (Å²) < 4.78 is 0. The Balaban J connectivity index is 2.18. The van der Waals surface area contributed by atoms with Crippen molar-refractivity contribution in [2.24, 2.45) is 5.92 Å². The number of halogens is 1. The molecule has 1 fully saturated rings. The summed E-state index contributed by atoms with van der Waals surface area (Å²) in [6.07, 6.45) is 6.91. The van der Waals surface area contributed by atoms with E-state index in [1.54, 1.807) is 0 Å². The first-order valence-corrected chi connectivity index (χ1v) is 7.43. The average Bonchev–Trinajstić information content (AvgIpc) is 2.84. The van der Waals surface area contributed by atoms with Gasteiger partial charge in [0.1, 0.15) is 0 Å². The largest absolute Gasteiger partial charge is 0.313 e. The molecule has 1 aliphatic carbocycles. The molecule has 1 saturated carbocycles. The Morgan fingerprint density at radius 1 is 1.22 bits per heavy atom. The number of rotatable bonds is 4. The van der Waals surface area contributed by atoms with Crippen LogP contribution in [-0.2, 0) is 0 Å². The van der Waals surface area contributed by atoms with Crippen molar-refractivity contribution in [3.8, 4) is 0 Å². The standard InChI is InChI=1S/C16H24ClN/c1-11-9-15(17)12(2)8-14(11)16(18-3)10-13-6-4-5-7-13/h8-9,13,16,18H,4-7,10H2,1-3H3. The third kappa shape index (κ3) is 3.07. The number of hydrogen-bond acceptors (Lipinski definition) is 1. The smallest absolute Gasteiger partial charge is 0.0438 e. The fourth-order valence-electron chi connectivity index (χ4n) is 3.16. The number of nitrogens with one attached hydrogen (secondary N) is 1. The lowest BCUT2D eigenvalue weighted by atomic mass is 9.90. The zero-order chi connectivity index (χ0) is 13.1. The molecule has 18 heavy (non-hydrogen) atoms. The molecule has 0 aromatic heterocycles. The van der Waals surface area contributed by atoms with Crippen LogP contribution in [0.5, 0.6) is 0 Å². The molecular weight excluding hydrogens is 242 g/mol. The lowest BCUT2D eigenvalue weighted by Crippen LogP contribution is -2.20. The van der Waals surface area contributed by atoms with Gasteiger partial charge < -0.3 is 5.32 Å². The van der Waals surface area contributed by atoms with Crippen LogP contribution >= 0.6 is 11.6 Å². The Morgan fingerprint density at radius 2 is 1.89 bits per heavy atom. The van der Waals surface area contributed by atoms with Crippen LogP contribution in [-0.4, -0.2) is 7.05 Å². The van der Waals surface area contributed by atoms with E-state index in [2.05, 4.69) is 38.3 Å². The summed E-state index contributed by atoms with van der Waals surface area (Å²) in [4.78, 5) is 0. The first-order chi connectivity index (χ1) is 8.61. The Kier molecular flexibility index (Phi) is 4.69. The predicted octanol–water partition coefficient (Wildman–Crippen LogP) is 4.80. The van der Waals surface area contributed by atoms with Crippen LogP contribution in [0.25, 0.3) is 0 Å². The molecule has 100 valence electrons. The van der Waals surface area contributed by atoms with Crippen molar-refractivity contribution in [1.82, 2.24) is 5.32 Å². The maximum atomic E-state index is 6.18. The predicted molar refractivity (Wildman–Crippen MR) is 79.3 cm³/mol. The minimum absolute atomic E-state index is 0.476. The van der Waals surface area contributed by atoms with Crippen molar-refractivity contribution >= 4 is 11.6 Å². The lowest BCUT2D eigenvalue weighted by Gasteiger charge is -2.23. The van der Waals surface area contributed by atoms with E-state index in [1.807, 2.05) is 0 Å². The van der Waals surface area contributed by atoms with Crippen molar-refractivity contribution in [3.63, 3.8) is 0 Å². The van der Waals surface area contributed by atoms with Crippen LogP contribution in [0.15, 0.2) is 12.1 Å². The van der Waals surface area contributed by atoms with Crippen LogP contribution in [0, 0.1) is 19.8 Å². The van der Waals surface area contributed by atoms with Gasteiger partial charge in [-0.1, -0.05) is 43.4 Å². The zero-order valence-corrected chi connectivity index (χ0v) is 12.5. The molecule has 0 amide bonds. The van der Waals surface area contributed by atoms with Crippen LogP contribution in [0.2, 0.25) is 5.02 Å². The van der Waals surface area contributed by atoms with Gasteiger partial charge in [-0.15, -0.1) is 0 Å². The fourth-order valence-corrected chi connectivity index (χ4v) is 3.38. The summed E-state index contributed by atoms with van der Waals surface area (Å²) in [6.45, 7) is 4.26. The van der Waals surface area contributed by atoms with Crippen molar-refractivity contribution in [2.75, 3.05) is 7.05 Å². The third-order valence-electron chi connectivity index (χ3n) is 4.31. The minimum Gasteiger partial charge on any atom is -0.313 e. The number of hydrogen-bond donors (Lipinski definition) is 1. The van der Waals surface area contributed by atoms with Crippen LogP contribution in [0.1, 0.15) is 54.8 Å². The van der Waals surface area contributed by atoms with E-state index in [0.29, 0.717) is 6.04 Å². The van der Waals surface area contributed by atoms with Gasteiger partial charge in [-0.25, -0.2) is 0 Å². The fraction of sp³-hybridized carbons (Fsp3) is 0.625. The van der Waals surface area contributed by atoms with Crippen molar-refractivity contribution in [2.45, 2.75) is 52.0 Å². The third-order valence-corrected chi connectivity index (χ3v) is 4.72. The zero-order valence-electron chi connectivity index (χ0n) is 11.7. The van der Waals surface area contributed by atoms with Gasteiger partial charge in [-0.2, -0.15) is 0 Å². The molecule has 2 heteroatoms. The Morgan fingerprint density at radius 3 is 2.50 bits per heavy atom. The second kappa shape index (κ2) is 6.08. The molecule has 0 bridgehead atoms. The first-order valence-electron chi connectivity index (χ1n) is 7.05. The van der Waals surface area contributed by atoms with Crippen molar-refractivity contribution < 1.29 is 0 Å². The van der Waals surface area contributed by atoms with Gasteiger partial charge >= 0.3 is 0 Å². The second-order valence-corrected chi connectivity index (χ2v) is 6.09. The van der Waals surface area contributed by atoms with E-state index in [4.69, 9.17) is 11.6 Å². The van der Waals surface area contributed by atoms with Crippen LogP contribution < -0.4 is 5.32 Å². The highest BCUT2D eigenvalue weighted by molar-refractivity contribution is 6.31. The summed E-state index contributed by atoms with van der Waals surface area (Å²) >= 11 is 6.18. The monoisotopic (exact) mass is 265 g/mol. The molecule has 0 heterocycles. The van der Waals surface area contributed by atoms with Crippen molar-refractivity contribution in [1.29, 1.82) is 0 Å². The molecule has 1 aromatic rings. The summed E-state index contributed by atoms with van der Waals surface area (Å²) in [5, 5.41) is 4.37. The maximum absolute atomic E-state index is 6.18. The van der Waals surface area contributed by atoms with E-state index in [9.17, 15) is 0 Å². The molecule has 0 spiro atoms. The highest BCUT2D eigenvalue weighted by Gasteiger charge is 2.21. The molecule has 1 aliphatic rings. The van der Waals surface area contributed by atoms with Crippen LogP contribution in [0.3, 0.4) is 0 Å². The topological polar surface area (TPSA) is 12.0 Å². The van der Waals surface area contributed by atoms with Gasteiger partial charge in [0, 0.05) is 11.1 Å². The highest BCUT2D eigenvalue weighted by atomic mass is 35.5. The van der Waals surface area contributed by atoms with E-state index in [1.165, 1.54) is 48.8 Å². The lowest BCUT2D eigenvalue weighted by molar-refractivity contribution is 0.412.